The van der Waals surface area contributed by atoms with E-state index >= 15 is 0 Å². The summed E-state index contributed by atoms with van der Waals surface area (Å²) in [6, 6.07) is 3.82. The highest BCUT2D eigenvalue weighted by molar-refractivity contribution is 5.96. The second kappa shape index (κ2) is 5.45. The number of carboxylic acids is 1. The van der Waals surface area contributed by atoms with Crippen molar-refractivity contribution in [3.05, 3.63) is 34.9 Å². The van der Waals surface area contributed by atoms with E-state index in [1.165, 1.54) is 0 Å². The number of benzene rings is 1. The second-order valence-electron chi connectivity index (χ2n) is 3.85. The van der Waals surface area contributed by atoms with Crippen LogP contribution >= 0.6 is 0 Å². The molecule has 0 aromatic heterocycles. The summed E-state index contributed by atoms with van der Waals surface area (Å²) >= 11 is 0. The lowest BCUT2D eigenvalue weighted by atomic mass is 10.1. The van der Waals surface area contributed by atoms with E-state index in [1.807, 2.05) is 13.8 Å². The lowest BCUT2D eigenvalue weighted by Crippen LogP contribution is -2.43. The summed E-state index contributed by atoms with van der Waals surface area (Å²) in [5.74, 6) is -1.76. The minimum Gasteiger partial charge on any atom is -0.480 e. The van der Waals surface area contributed by atoms with Crippen LogP contribution in [0, 0.1) is 13.8 Å². The Kier molecular flexibility index (Phi) is 4.23. The highest BCUT2D eigenvalue weighted by Gasteiger charge is 2.19. The number of aryl methyl sites for hydroxylation is 2. The van der Waals surface area contributed by atoms with Gasteiger partial charge in [0.15, 0.2) is 6.04 Å². The van der Waals surface area contributed by atoms with Crippen LogP contribution in [0.5, 0.6) is 0 Å². The van der Waals surface area contributed by atoms with Gasteiger partial charge in [0, 0.05) is 5.56 Å². The minimum absolute atomic E-state index is 0.382. The van der Waals surface area contributed by atoms with Crippen LogP contribution in [0.25, 0.3) is 0 Å². The van der Waals surface area contributed by atoms with Gasteiger partial charge >= 0.3 is 5.97 Å². The van der Waals surface area contributed by atoms with Crippen LogP contribution in [0.1, 0.15) is 21.5 Å². The Morgan fingerprint density at radius 2 is 1.94 bits per heavy atom. The molecule has 1 unspecified atom stereocenters. The molecule has 5 heteroatoms. The Balaban J connectivity index is 2.82. The molecule has 0 fully saturated rings. The van der Waals surface area contributed by atoms with Crippen LogP contribution in [0.2, 0.25) is 0 Å². The van der Waals surface area contributed by atoms with Gasteiger partial charge < -0.3 is 15.5 Å². The maximum Gasteiger partial charge on any atom is 0.328 e. The zero-order valence-electron chi connectivity index (χ0n) is 9.73. The van der Waals surface area contributed by atoms with Crippen molar-refractivity contribution in [3.8, 4) is 0 Å². The van der Waals surface area contributed by atoms with E-state index in [0.29, 0.717) is 5.56 Å². The van der Waals surface area contributed by atoms with E-state index in [2.05, 4.69) is 5.32 Å². The summed E-state index contributed by atoms with van der Waals surface area (Å²) in [5, 5.41) is 19.7. The van der Waals surface area contributed by atoms with Crippen molar-refractivity contribution >= 4 is 11.9 Å². The standard InChI is InChI=1S/C12H15NO4/c1-7-3-4-9(5-8(7)2)11(15)13-10(6-14)12(16)17/h3-5,10,14H,6H2,1-2H3,(H,13,15)(H,16,17). The smallest absolute Gasteiger partial charge is 0.328 e. The second-order valence-corrected chi connectivity index (χ2v) is 3.85. The summed E-state index contributed by atoms with van der Waals surface area (Å²) in [4.78, 5) is 22.3. The fraction of sp³-hybridized carbons (Fsp3) is 0.333. The van der Waals surface area contributed by atoms with Gasteiger partial charge in [-0.05, 0) is 37.1 Å². The van der Waals surface area contributed by atoms with E-state index in [-0.39, 0.29) is 0 Å². The van der Waals surface area contributed by atoms with Gasteiger partial charge in [0.2, 0.25) is 0 Å². The number of hydrogen-bond donors (Lipinski definition) is 3. The van der Waals surface area contributed by atoms with Crippen molar-refractivity contribution in [2.75, 3.05) is 6.61 Å². The molecule has 0 bridgehead atoms. The quantitative estimate of drug-likeness (QED) is 0.710. The molecule has 1 aromatic carbocycles. The van der Waals surface area contributed by atoms with E-state index < -0.39 is 24.5 Å². The van der Waals surface area contributed by atoms with Gasteiger partial charge in [-0.15, -0.1) is 0 Å². The average molecular weight is 237 g/mol. The predicted molar refractivity (Wildman–Crippen MR) is 61.9 cm³/mol. The van der Waals surface area contributed by atoms with Crippen molar-refractivity contribution < 1.29 is 19.8 Å². The lowest BCUT2D eigenvalue weighted by Gasteiger charge is -2.12. The molecule has 92 valence electrons. The van der Waals surface area contributed by atoms with E-state index in [0.717, 1.165) is 11.1 Å². The molecule has 0 aliphatic rings. The summed E-state index contributed by atoms with van der Waals surface area (Å²) in [5.41, 5.74) is 2.39. The van der Waals surface area contributed by atoms with Crippen molar-refractivity contribution in [1.29, 1.82) is 0 Å². The molecule has 0 radical (unpaired) electrons. The first-order chi connectivity index (χ1) is 7.95. The van der Waals surface area contributed by atoms with Crippen molar-refractivity contribution in [3.63, 3.8) is 0 Å². The molecule has 0 aliphatic heterocycles. The Hall–Kier alpha value is -1.88. The number of aliphatic hydroxyl groups is 1. The molecule has 1 amide bonds. The molecule has 5 nitrogen and oxygen atoms in total. The van der Waals surface area contributed by atoms with Crippen LogP contribution in [-0.4, -0.2) is 34.7 Å². The highest BCUT2D eigenvalue weighted by Crippen LogP contribution is 2.09. The minimum atomic E-state index is -1.27. The molecular weight excluding hydrogens is 222 g/mol. The predicted octanol–water partition coefficient (Wildman–Crippen LogP) is 0.479. The third-order valence-corrected chi connectivity index (χ3v) is 2.56. The summed E-state index contributed by atoms with van der Waals surface area (Å²) < 4.78 is 0. The summed E-state index contributed by atoms with van der Waals surface area (Å²) in [7, 11) is 0. The number of aliphatic carboxylic acids is 1. The number of hydrogen-bond acceptors (Lipinski definition) is 3. The Morgan fingerprint density at radius 3 is 2.41 bits per heavy atom. The molecule has 17 heavy (non-hydrogen) atoms. The number of carbonyl (C=O) groups excluding carboxylic acids is 1. The third kappa shape index (κ3) is 3.29. The van der Waals surface area contributed by atoms with Gasteiger partial charge in [-0.25, -0.2) is 4.79 Å². The first-order valence-corrected chi connectivity index (χ1v) is 5.17. The topological polar surface area (TPSA) is 86.6 Å². The van der Waals surface area contributed by atoms with Crippen LogP contribution in [0.3, 0.4) is 0 Å². The fourth-order valence-corrected chi connectivity index (χ4v) is 1.31. The van der Waals surface area contributed by atoms with Gasteiger partial charge in [-0.2, -0.15) is 0 Å². The van der Waals surface area contributed by atoms with Gasteiger partial charge in [-0.1, -0.05) is 6.07 Å². The number of amides is 1. The molecule has 0 heterocycles. The van der Waals surface area contributed by atoms with Crippen LogP contribution in [0.15, 0.2) is 18.2 Å². The normalized spacial score (nSPS) is 11.9. The zero-order chi connectivity index (χ0) is 13.0. The van der Waals surface area contributed by atoms with Crippen LogP contribution in [-0.2, 0) is 4.79 Å². The molecule has 1 atom stereocenters. The molecule has 1 rings (SSSR count). The van der Waals surface area contributed by atoms with Crippen LogP contribution < -0.4 is 5.32 Å². The molecule has 3 N–H and O–H groups in total. The van der Waals surface area contributed by atoms with Gasteiger partial charge in [0.25, 0.3) is 5.91 Å². The highest BCUT2D eigenvalue weighted by atomic mass is 16.4. The molecule has 0 saturated carbocycles. The maximum absolute atomic E-state index is 11.7. The molecule has 1 aromatic rings. The van der Waals surface area contributed by atoms with Gasteiger partial charge in [0.1, 0.15) is 0 Å². The molecular formula is C12H15NO4. The van der Waals surface area contributed by atoms with Gasteiger partial charge in [0.05, 0.1) is 6.61 Å². The number of nitrogens with one attached hydrogen (secondary N) is 1. The maximum atomic E-state index is 11.7. The summed E-state index contributed by atoms with van der Waals surface area (Å²) in [6.07, 6.45) is 0. The van der Waals surface area contributed by atoms with Crippen molar-refractivity contribution in [1.82, 2.24) is 5.32 Å². The lowest BCUT2D eigenvalue weighted by molar-refractivity contribution is -0.140. The zero-order valence-corrected chi connectivity index (χ0v) is 9.73. The number of rotatable bonds is 4. The Morgan fingerprint density at radius 1 is 1.29 bits per heavy atom. The first kappa shape index (κ1) is 13.2. The largest absolute Gasteiger partial charge is 0.480 e. The molecule has 0 saturated heterocycles. The van der Waals surface area contributed by atoms with E-state index in [4.69, 9.17) is 10.2 Å². The van der Waals surface area contributed by atoms with Crippen molar-refractivity contribution in [2.24, 2.45) is 0 Å². The molecule has 0 spiro atoms. The fourth-order valence-electron chi connectivity index (χ4n) is 1.31. The summed E-state index contributed by atoms with van der Waals surface area (Å²) in [6.45, 7) is 3.16. The van der Waals surface area contributed by atoms with E-state index in [9.17, 15) is 9.59 Å². The Labute approximate surface area is 99.1 Å². The van der Waals surface area contributed by atoms with Crippen molar-refractivity contribution in [2.45, 2.75) is 19.9 Å². The number of carboxylic acid groups (broad SMARTS) is 1. The number of aliphatic hydroxyl groups excluding tert-OH is 1. The SMILES string of the molecule is Cc1ccc(C(=O)NC(CO)C(=O)O)cc1C. The number of carbonyl (C=O) groups is 2. The van der Waals surface area contributed by atoms with Gasteiger partial charge in [-0.3, -0.25) is 4.79 Å². The monoisotopic (exact) mass is 237 g/mol. The first-order valence-electron chi connectivity index (χ1n) is 5.17. The third-order valence-electron chi connectivity index (χ3n) is 2.56. The average Bonchev–Trinajstić information content (AvgIpc) is 2.28. The molecule has 0 aliphatic carbocycles. The Bertz CT molecular complexity index is 442. The van der Waals surface area contributed by atoms with Crippen LogP contribution in [0.4, 0.5) is 0 Å². The van der Waals surface area contributed by atoms with E-state index in [1.54, 1.807) is 18.2 Å².